The highest BCUT2D eigenvalue weighted by molar-refractivity contribution is 5.95. The second-order valence-electron chi connectivity index (χ2n) is 7.58. The number of ether oxygens (including phenoxy) is 1. The van der Waals surface area contributed by atoms with Crippen molar-refractivity contribution in [1.29, 1.82) is 0 Å². The first-order chi connectivity index (χ1) is 15.6. The Morgan fingerprint density at radius 1 is 1.06 bits per heavy atom. The summed E-state index contributed by atoms with van der Waals surface area (Å²) in [6, 6.07) is 13.2. The van der Waals surface area contributed by atoms with Gasteiger partial charge in [0.2, 0.25) is 11.5 Å². The van der Waals surface area contributed by atoms with E-state index in [1.165, 1.54) is 30.8 Å². The maximum absolute atomic E-state index is 13.4. The smallest absolute Gasteiger partial charge is 0.423 e. The lowest BCUT2D eigenvalue weighted by Crippen LogP contribution is -2.42. The molecule has 0 fully saturated rings. The van der Waals surface area contributed by atoms with Crippen LogP contribution in [0.2, 0.25) is 0 Å². The van der Waals surface area contributed by atoms with Gasteiger partial charge in [0.15, 0.2) is 0 Å². The average Bonchev–Trinajstić information content (AvgIpc) is 3.26. The Bertz CT molecular complexity index is 1290. The SMILES string of the molecule is CC[C@](O)(c1cn(Cc2ccc3c(-c4ccc(F)cc4)cc(OC)nc3c2)nn1)C(F)(F)F. The van der Waals surface area contributed by atoms with Crippen LogP contribution in [0.15, 0.2) is 54.7 Å². The molecule has 0 aliphatic carbocycles. The number of pyridine rings is 1. The van der Waals surface area contributed by atoms with Crippen LogP contribution in [0.3, 0.4) is 0 Å². The number of nitrogens with zero attached hydrogens (tertiary/aromatic N) is 4. The highest BCUT2D eigenvalue weighted by atomic mass is 19.4. The molecule has 33 heavy (non-hydrogen) atoms. The topological polar surface area (TPSA) is 73.1 Å². The van der Waals surface area contributed by atoms with Crippen LogP contribution in [0.25, 0.3) is 22.0 Å². The van der Waals surface area contributed by atoms with E-state index in [4.69, 9.17) is 4.74 Å². The third-order valence-corrected chi connectivity index (χ3v) is 5.50. The molecule has 10 heteroatoms. The molecule has 2 heterocycles. The summed E-state index contributed by atoms with van der Waals surface area (Å²) >= 11 is 0. The third-order valence-electron chi connectivity index (χ3n) is 5.50. The second-order valence-corrected chi connectivity index (χ2v) is 7.58. The molecule has 172 valence electrons. The number of benzene rings is 2. The highest BCUT2D eigenvalue weighted by Crippen LogP contribution is 2.40. The summed E-state index contributed by atoms with van der Waals surface area (Å²) in [4.78, 5) is 4.46. The van der Waals surface area contributed by atoms with E-state index in [-0.39, 0.29) is 12.4 Å². The lowest BCUT2D eigenvalue weighted by atomic mass is 9.96. The molecular formula is C23H20F4N4O2. The van der Waals surface area contributed by atoms with E-state index in [0.29, 0.717) is 17.0 Å². The van der Waals surface area contributed by atoms with Crippen molar-refractivity contribution in [1.82, 2.24) is 20.0 Å². The second kappa shape index (κ2) is 8.43. The summed E-state index contributed by atoms with van der Waals surface area (Å²) in [5.74, 6) is 0.0132. The van der Waals surface area contributed by atoms with E-state index in [1.54, 1.807) is 30.3 Å². The summed E-state index contributed by atoms with van der Waals surface area (Å²) in [6.07, 6.45) is -4.37. The van der Waals surface area contributed by atoms with Crippen molar-refractivity contribution in [3.63, 3.8) is 0 Å². The maximum atomic E-state index is 13.4. The lowest BCUT2D eigenvalue weighted by Gasteiger charge is -2.26. The molecule has 4 rings (SSSR count). The fraction of sp³-hybridized carbons (Fsp3) is 0.261. The monoisotopic (exact) mass is 460 g/mol. The molecule has 0 spiro atoms. The van der Waals surface area contributed by atoms with Crippen LogP contribution in [0, 0.1) is 5.82 Å². The van der Waals surface area contributed by atoms with E-state index in [0.717, 1.165) is 22.7 Å². The first-order valence-corrected chi connectivity index (χ1v) is 10.1. The summed E-state index contributed by atoms with van der Waals surface area (Å²) in [7, 11) is 1.49. The minimum Gasteiger partial charge on any atom is -0.481 e. The molecule has 4 aromatic rings. The molecule has 0 saturated carbocycles. The maximum Gasteiger partial charge on any atom is 0.423 e. The van der Waals surface area contributed by atoms with Crippen LogP contribution in [0.5, 0.6) is 5.88 Å². The number of hydrogen-bond donors (Lipinski definition) is 1. The predicted molar refractivity (Wildman–Crippen MR) is 113 cm³/mol. The fourth-order valence-corrected chi connectivity index (χ4v) is 3.60. The summed E-state index contributed by atoms with van der Waals surface area (Å²) in [5, 5.41) is 18.2. The number of aliphatic hydroxyl groups is 1. The Hall–Kier alpha value is -3.53. The van der Waals surface area contributed by atoms with Gasteiger partial charge in [-0.1, -0.05) is 36.4 Å². The minimum atomic E-state index is -4.87. The van der Waals surface area contributed by atoms with E-state index < -0.39 is 23.9 Å². The van der Waals surface area contributed by atoms with E-state index in [2.05, 4.69) is 15.3 Å². The van der Waals surface area contributed by atoms with E-state index in [1.807, 2.05) is 6.07 Å². The number of halogens is 4. The summed E-state index contributed by atoms with van der Waals surface area (Å²) in [6.45, 7) is 1.35. The van der Waals surface area contributed by atoms with Gasteiger partial charge < -0.3 is 9.84 Å². The van der Waals surface area contributed by atoms with Gasteiger partial charge in [0.1, 0.15) is 11.5 Å². The summed E-state index contributed by atoms with van der Waals surface area (Å²) < 4.78 is 59.8. The first kappa shape index (κ1) is 22.7. The van der Waals surface area contributed by atoms with Gasteiger partial charge in [0.25, 0.3) is 0 Å². The van der Waals surface area contributed by atoms with E-state index in [9.17, 15) is 22.7 Å². The fourth-order valence-electron chi connectivity index (χ4n) is 3.60. The molecule has 2 aromatic carbocycles. The molecule has 0 unspecified atom stereocenters. The molecule has 0 saturated heterocycles. The van der Waals surface area contributed by atoms with Gasteiger partial charge in [0.05, 0.1) is 25.4 Å². The van der Waals surface area contributed by atoms with E-state index >= 15 is 0 Å². The third kappa shape index (κ3) is 4.25. The molecule has 2 aromatic heterocycles. The molecular weight excluding hydrogens is 440 g/mol. The minimum absolute atomic E-state index is 0.116. The van der Waals surface area contributed by atoms with Crippen LogP contribution in [-0.4, -0.2) is 38.4 Å². The zero-order chi connectivity index (χ0) is 23.8. The number of aromatic nitrogens is 4. The van der Waals surface area contributed by atoms with Gasteiger partial charge in [-0.05, 0) is 41.3 Å². The lowest BCUT2D eigenvalue weighted by molar-refractivity contribution is -0.269. The Morgan fingerprint density at radius 3 is 2.42 bits per heavy atom. The molecule has 0 radical (unpaired) electrons. The van der Waals surface area contributed by atoms with Crippen molar-refractivity contribution < 1.29 is 27.4 Å². The van der Waals surface area contributed by atoms with Crippen molar-refractivity contribution in [2.45, 2.75) is 31.7 Å². The average molecular weight is 460 g/mol. The Balaban J connectivity index is 1.70. The van der Waals surface area contributed by atoms with Gasteiger partial charge in [-0.3, -0.25) is 0 Å². The van der Waals surface area contributed by atoms with Gasteiger partial charge >= 0.3 is 6.18 Å². The number of alkyl halides is 3. The highest BCUT2D eigenvalue weighted by Gasteiger charge is 2.55. The predicted octanol–water partition coefficient (Wildman–Crippen LogP) is 4.85. The quantitative estimate of drug-likeness (QED) is 0.417. The van der Waals surface area contributed by atoms with Crippen LogP contribution < -0.4 is 4.74 Å². The first-order valence-electron chi connectivity index (χ1n) is 10.1. The van der Waals surface area contributed by atoms with Crippen LogP contribution in [0.4, 0.5) is 17.6 Å². The molecule has 1 N–H and O–H groups in total. The van der Waals surface area contributed by atoms with Gasteiger partial charge in [-0.2, -0.15) is 13.2 Å². The molecule has 1 atom stereocenters. The molecule has 0 aliphatic heterocycles. The normalized spacial score (nSPS) is 13.8. The number of methoxy groups -OCH3 is 1. The van der Waals surface area contributed by atoms with Gasteiger partial charge in [0, 0.05) is 11.5 Å². The van der Waals surface area contributed by atoms with Gasteiger partial charge in [-0.25, -0.2) is 14.1 Å². The molecule has 0 bridgehead atoms. The van der Waals surface area contributed by atoms with Crippen molar-refractivity contribution in [2.24, 2.45) is 0 Å². The zero-order valence-corrected chi connectivity index (χ0v) is 17.8. The van der Waals surface area contributed by atoms with Crippen molar-refractivity contribution >= 4 is 10.9 Å². The number of fused-ring (bicyclic) bond motifs is 1. The van der Waals surface area contributed by atoms with Crippen molar-refractivity contribution in [2.75, 3.05) is 7.11 Å². The Labute approximate surface area is 186 Å². The standard InChI is InChI=1S/C23H20F4N4O2/c1-3-22(32,23(25,26)27)20-13-31(30-29-20)12-14-4-9-17-18(15-5-7-16(24)8-6-15)11-21(33-2)28-19(17)10-14/h4-11,13,32H,3,12H2,1-2H3/t22-/m0/s1. The Morgan fingerprint density at radius 2 is 1.79 bits per heavy atom. The summed E-state index contributed by atoms with van der Waals surface area (Å²) in [5.41, 5.74) is -0.750. The van der Waals surface area contributed by atoms with Gasteiger partial charge in [-0.15, -0.1) is 5.10 Å². The van der Waals surface area contributed by atoms with Crippen molar-refractivity contribution in [3.05, 3.63) is 71.8 Å². The largest absolute Gasteiger partial charge is 0.481 e. The number of hydrogen-bond acceptors (Lipinski definition) is 5. The van der Waals surface area contributed by atoms with Crippen LogP contribution in [-0.2, 0) is 12.1 Å². The molecule has 6 nitrogen and oxygen atoms in total. The molecule has 0 amide bonds. The van der Waals surface area contributed by atoms with Crippen LogP contribution >= 0.6 is 0 Å². The van der Waals surface area contributed by atoms with Crippen molar-refractivity contribution in [3.8, 4) is 17.0 Å². The van der Waals surface area contributed by atoms with Crippen LogP contribution in [0.1, 0.15) is 24.6 Å². The number of rotatable bonds is 6. The molecule has 0 aliphatic rings. The zero-order valence-electron chi connectivity index (χ0n) is 17.8. The Kier molecular flexibility index (Phi) is 5.79.